The molecule has 2 N–H and O–H groups in total. The van der Waals surface area contributed by atoms with E-state index in [-0.39, 0.29) is 5.88 Å². The lowest BCUT2D eigenvalue weighted by molar-refractivity contribution is -0.137. The number of hydrogen-bond donors (Lipinski definition) is 2. The first kappa shape index (κ1) is 15.4. The standard InChI is InChI=1S/C18H14F3N3O/c1-23-10-11-4-2-3-5-14(11)15-16(23)17(25)24(22-15)13-8-6-12(7-9-13)18(19,20)21/h2-10,22,25H,1H3. The number of alkyl halides is 3. The molecule has 7 heteroatoms. The van der Waals surface area contributed by atoms with Crippen LogP contribution in [0.25, 0.3) is 11.9 Å². The van der Waals surface area contributed by atoms with Gasteiger partial charge in [0.2, 0.25) is 5.88 Å². The average Bonchev–Trinajstić information content (AvgIpc) is 2.93. The number of nitrogens with zero attached hydrogens (tertiary/aromatic N) is 2. The zero-order valence-electron chi connectivity index (χ0n) is 13.2. The highest BCUT2D eigenvalue weighted by atomic mass is 19.4. The first-order valence-electron chi connectivity index (χ1n) is 7.58. The number of fused-ring (bicyclic) bond motifs is 2. The minimum Gasteiger partial charge on any atom is -0.492 e. The fourth-order valence-corrected chi connectivity index (χ4v) is 3.05. The van der Waals surface area contributed by atoms with Gasteiger partial charge in [-0.05, 0) is 24.3 Å². The molecule has 0 unspecified atom stereocenters. The lowest BCUT2D eigenvalue weighted by Gasteiger charge is -2.20. The summed E-state index contributed by atoms with van der Waals surface area (Å²) in [6, 6.07) is 12.3. The van der Waals surface area contributed by atoms with Crippen molar-refractivity contribution in [1.29, 1.82) is 0 Å². The summed E-state index contributed by atoms with van der Waals surface area (Å²) >= 11 is 0. The third kappa shape index (κ3) is 2.39. The number of hydrazine groups is 1. The van der Waals surface area contributed by atoms with E-state index in [1.807, 2.05) is 30.5 Å². The van der Waals surface area contributed by atoms with Gasteiger partial charge in [-0.2, -0.15) is 13.2 Å². The van der Waals surface area contributed by atoms with E-state index < -0.39 is 11.7 Å². The second-order valence-electron chi connectivity index (χ2n) is 5.87. The van der Waals surface area contributed by atoms with Gasteiger partial charge in [-0.3, -0.25) is 5.43 Å². The Labute approximate surface area is 141 Å². The molecule has 0 saturated carbocycles. The number of likely N-dealkylation sites (N-methyl/N-ethyl adjacent to an activating group) is 1. The highest BCUT2D eigenvalue weighted by molar-refractivity contribution is 5.75. The Hall–Kier alpha value is -3.09. The van der Waals surface area contributed by atoms with Crippen LogP contribution in [-0.4, -0.2) is 17.1 Å². The Morgan fingerprint density at radius 2 is 1.68 bits per heavy atom. The first-order valence-corrected chi connectivity index (χ1v) is 7.58. The van der Waals surface area contributed by atoms with Gasteiger partial charge in [-0.25, -0.2) is 5.01 Å². The molecule has 4 rings (SSSR count). The van der Waals surface area contributed by atoms with E-state index in [0.29, 0.717) is 17.1 Å². The largest absolute Gasteiger partial charge is 0.492 e. The van der Waals surface area contributed by atoms with Crippen LogP contribution in [0, 0.1) is 0 Å². The molecule has 0 spiro atoms. The molecule has 0 fully saturated rings. The van der Waals surface area contributed by atoms with E-state index in [1.165, 1.54) is 17.1 Å². The quantitative estimate of drug-likeness (QED) is 0.832. The van der Waals surface area contributed by atoms with Crippen LogP contribution >= 0.6 is 0 Å². The maximum absolute atomic E-state index is 12.7. The molecule has 0 aliphatic carbocycles. The number of rotatable bonds is 1. The van der Waals surface area contributed by atoms with Crippen LogP contribution in [0.15, 0.2) is 60.1 Å². The van der Waals surface area contributed by atoms with Crippen LogP contribution < -0.4 is 20.9 Å². The molecule has 0 atom stereocenters. The topological polar surface area (TPSA) is 38.7 Å². The molecule has 0 bridgehead atoms. The molecule has 2 aromatic rings. The van der Waals surface area contributed by atoms with Crippen molar-refractivity contribution in [1.82, 2.24) is 10.3 Å². The van der Waals surface area contributed by atoms with Gasteiger partial charge in [0.1, 0.15) is 5.70 Å². The Morgan fingerprint density at radius 1 is 1.00 bits per heavy atom. The van der Waals surface area contributed by atoms with Crippen LogP contribution in [0.2, 0.25) is 0 Å². The van der Waals surface area contributed by atoms with E-state index in [0.717, 1.165) is 22.6 Å². The summed E-state index contributed by atoms with van der Waals surface area (Å²) in [5.74, 6) is -0.0667. The highest BCUT2D eigenvalue weighted by Crippen LogP contribution is 2.33. The zero-order valence-corrected chi connectivity index (χ0v) is 13.2. The Kier molecular flexibility index (Phi) is 3.21. The zero-order chi connectivity index (χ0) is 17.8. The molecule has 0 saturated heterocycles. The maximum Gasteiger partial charge on any atom is 0.416 e. The molecule has 2 aliphatic rings. The summed E-state index contributed by atoms with van der Waals surface area (Å²) in [6.07, 6.45) is -2.50. The molecule has 2 heterocycles. The van der Waals surface area contributed by atoms with Gasteiger partial charge in [0.05, 0.1) is 16.9 Å². The van der Waals surface area contributed by atoms with Gasteiger partial charge in [-0.1, -0.05) is 24.3 Å². The SMILES string of the molecule is CN1C=c2ccccc2=C2NN(c3ccc(C(F)(F)F)cc3)C(O)=C21. The smallest absolute Gasteiger partial charge is 0.416 e. The van der Waals surface area contributed by atoms with E-state index in [9.17, 15) is 18.3 Å². The molecular formula is C18H14F3N3O. The Bertz CT molecular complexity index is 993. The lowest BCUT2D eigenvalue weighted by Crippen LogP contribution is -2.40. The summed E-state index contributed by atoms with van der Waals surface area (Å²) in [5, 5.41) is 13.9. The van der Waals surface area contributed by atoms with Crippen LogP contribution in [0.3, 0.4) is 0 Å². The second kappa shape index (κ2) is 5.20. The van der Waals surface area contributed by atoms with E-state index in [4.69, 9.17) is 0 Å². The maximum atomic E-state index is 12.7. The van der Waals surface area contributed by atoms with Crippen molar-refractivity contribution in [3.05, 3.63) is 76.1 Å². The summed E-state index contributed by atoms with van der Waals surface area (Å²) < 4.78 is 38.2. The van der Waals surface area contributed by atoms with E-state index in [2.05, 4.69) is 5.43 Å². The van der Waals surface area contributed by atoms with Crippen molar-refractivity contribution < 1.29 is 18.3 Å². The lowest BCUT2D eigenvalue weighted by atomic mass is 10.1. The number of aliphatic hydroxyl groups is 1. The minimum atomic E-state index is -4.39. The molecule has 25 heavy (non-hydrogen) atoms. The van der Waals surface area contributed by atoms with Crippen molar-refractivity contribution in [2.45, 2.75) is 6.18 Å². The number of hydrogen-bond acceptors (Lipinski definition) is 4. The third-order valence-electron chi connectivity index (χ3n) is 4.25. The van der Waals surface area contributed by atoms with Gasteiger partial charge in [0.25, 0.3) is 0 Å². The average molecular weight is 345 g/mol. The molecule has 2 aromatic carbocycles. The molecule has 2 aliphatic heterocycles. The van der Waals surface area contributed by atoms with E-state index in [1.54, 1.807) is 11.9 Å². The number of anilines is 1. The highest BCUT2D eigenvalue weighted by Gasteiger charge is 2.33. The van der Waals surface area contributed by atoms with Crippen LogP contribution in [0.5, 0.6) is 0 Å². The summed E-state index contributed by atoms with van der Waals surface area (Å²) in [4.78, 5) is 1.78. The normalized spacial score (nSPS) is 16.4. The number of benzene rings is 2. The summed E-state index contributed by atoms with van der Waals surface area (Å²) in [5.41, 5.74) is 4.04. The van der Waals surface area contributed by atoms with Crippen LogP contribution in [0.1, 0.15) is 5.56 Å². The molecule has 0 aromatic heterocycles. The molecule has 128 valence electrons. The van der Waals surface area contributed by atoms with Crippen molar-refractivity contribution in [2.75, 3.05) is 12.1 Å². The number of nitrogens with one attached hydrogen (secondary N) is 1. The predicted molar refractivity (Wildman–Crippen MR) is 88.0 cm³/mol. The molecular weight excluding hydrogens is 331 g/mol. The molecule has 4 nitrogen and oxygen atoms in total. The Morgan fingerprint density at radius 3 is 2.36 bits per heavy atom. The molecule has 0 radical (unpaired) electrons. The van der Waals surface area contributed by atoms with Crippen LogP contribution in [-0.2, 0) is 6.18 Å². The van der Waals surface area contributed by atoms with E-state index >= 15 is 0 Å². The van der Waals surface area contributed by atoms with Gasteiger partial charge >= 0.3 is 6.18 Å². The monoisotopic (exact) mass is 345 g/mol. The van der Waals surface area contributed by atoms with Gasteiger partial charge in [-0.15, -0.1) is 0 Å². The van der Waals surface area contributed by atoms with Gasteiger partial charge < -0.3 is 10.0 Å². The summed E-state index contributed by atoms with van der Waals surface area (Å²) in [7, 11) is 1.80. The Balaban J connectivity index is 1.80. The first-order chi connectivity index (χ1) is 11.9. The van der Waals surface area contributed by atoms with Crippen molar-refractivity contribution in [2.24, 2.45) is 0 Å². The third-order valence-corrected chi connectivity index (χ3v) is 4.25. The fraction of sp³-hybridized carbons (Fsp3) is 0.111. The number of aliphatic hydroxyl groups excluding tert-OH is 1. The minimum absolute atomic E-state index is 0.0667. The van der Waals surface area contributed by atoms with Crippen molar-refractivity contribution >= 4 is 17.6 Å². The van der Waals surface area contributed by atoms with Gasteiger partial charge in [0.15, 0.2) is 0 Å². The fourth-order valence-electron chi connectivity index (χ4n) is 3.05. The van der Waals surface area contributed by atoms with Crippen molar-refractivity contribution in [3.8, 4) is 0 Å². The second-order valence-corrected chi connectivity index (χ2v) is 5.87. The summed E-state index contributed by atoms with van der Waals surface area (Å²) in [6.45, 7) is 0. The van der Waals surface area contributed by atoms with Crippen LogP contribution in [0.4, 0.5) is 18.9 Å². The number of halogens is 3. The predicted octanol–water partition coefficient (Wildman–Crippen LogP) is 2.25. The molecule has 0 amide bonds. The van der Waals surface area contributed by atoms with Crippen molar-refractivity contribution in [3.63, 3.8) is 0 Å². The van der Waals surface area contributed by atoms with Gasteiger partial charge in [0, 0.05) is 23.7 Å².